The van der Waals surface area contributed by atoms with Crippen molar-refractivity contribution in [1.82, 2.24) is 19.9 Å². The molecule has 3 heterocycles. The molecule has 0 bridgehead atoms. The Morgan fingerprint density at radius 1 is 1.12 bits per heavy atom. The topological polar surface area (TPSA) is 76.1 Å². The molecule has 2 fully saturated rings. The van der Waals surface area contributed by atoms with Gasteiger partial charge in [0.15, 0.2) is 0 Å². The number of anilines is 2. The van der Waals surface area contributed by atoms with Crippen LogP contribution in [0.15, 0.2) is 24.7 Å². The number of piperidine rings is 1. The molecule has 7 heteroatoms. The van der Waals surface area contributed by atoms with Gasteiger partial charge in [-0.1, -0.05) is 0 Å². The summed E-state index contributed by atoms with van der Waals surface area (Å²) in [5, 5.41) is 3.48. The number of rotatable bonds is 5. The molecule has 0 amide bonds. The minimum absolute atomic E-state index is 0.408. The quantitative estimate of drug-likeness (QED) is 0.903. The highest BCUT2D eigenvalue weighted by molar-refractivity contribution is 5.41. The first kappa shape index (κ1) is 15.1. The van der Waals surface area contributed by atoms with Gasteiger partial charge in [0.25, 0.3) is 0 Å². The van der Waals surface area contributed by atoms with Gasteiger partial charge in [-0.25, -0.2) is 19.9 Å². The van der Waals surface area contributed by atoms with Crippen LogP contribution >= 0.6 is 0 Å². The number of nitrogens with zero attached hydrogens (tertiary/aromatic N) is 5. The minimum atomic E-state index is 0.408. The van der Waals surface area contributed by atoms with E-state index in [1.54, 1.807) is 7.11 Å². The van der Waals surface area contributed by atoms with Crippen LogP contribution < -0.4 is 15.0 Å². The highest BCUT2D eigenvalue weighted by Gasteiger charge is 2.27. The van der Waals surface area contributed by atoms with Crippen molar-refractivity contribution in [3.63, 3.8) is 0 Å². The lowest BCUT2D eigenvalue weighted by Crippen LogP contribution is -2.39. The van der Waals surface area contributed by atoms with E-state index in [-0.39, 0.29) is 0 Å². The average Bonchev–Trinajstić information content (AvgIpc) is 3.48. The lowest BCUT2D eigenvalue weighted by molar-refractivity contribution is 0.397. The number of hydrogen-bond donors (Lipinski definition) is 1. The molecular formula is C17H22N6O. The summed E-state index contributed by atoms with van der Waals surface area (Å²) in [5.74, 6) is 4.07. The summed E-state index contributed by atoms with van der Waals surface area (Å²) in [7, 11) is 1.61. The Morgan fingerprint density at radius 2 is 1.96 bits per heavy atom. The van der Waals surface area contributed by atoms with E-state index in [2.05, 4.69) is 25.2 Å². The molecule has 0 atom stereocenters. The molecule has 126 valence electrons. The summed E-state index contributed by atoms with van der Waals surface area (Å²) in [6.07, 6.45) is 7.99. The lowest BCUT2D eigenvalue weighted by atomic mass is 10.1. The van der Waals surface area contributed by atoms with Gasteiger partial charge in [-0.15, -0.1) is 0 Å². The molecule has 0 aromatic carbocycles. The average molecular weight is 326 g/mol. The van der Waals surface area contributed by atoms with Gasteiger partial charge in [-0.2, -0.15) is 0 Å². The molecule has 1 saturated heterocycles. The molecule has 1 aliphatic heterocycles. The van der Waals surface area contributed by atoms with Crippen molar-refractivity contribution in [2.75, 3.05) is 30.4 Å². The van der Waals surface area contributed by atoms with E-state index < -0.39 is 0 Å². The van der Waals surface area contributed by atoms with Gasteiger partial charge >= 0.3 is 0 Å². The number of ether oxygens (including phenoxy) is 1. The predicted octanol–water partition coefficient (Wildman–Crippen LogP) is 2.23. The second kappa shape index (κ2) is 6.59. The van der Waals surface area contributed by atoms with Crippen LogP contribution in [-0.4, -0.2) is 46.2 Å². The van der Waals surface area contributed by atoms with E-state index in [1.165, 1.54) is 19.2 Å². The van der Waals surface area contributed by atoms with Gasteiger partial charge in [-0.05, 0) is 31.7 Å². The maximum atomic E-state index is 5.14. The van der Waals surface area contributed by atoms with E-state index in [0.717, 1.165) is 43.4 Å². The SMILES string of the molecule is COc1cc(NC2CCN(c3ccnc(C4CC4)n3)CC2)ncn1. The summed E-state index contributed by atoms with van der Waals surface area (Å²) < 4.78 is 5.14. The summed E-state index contributed by atoms with van der Waals surface area (Å²) in [4.78, 5) is 19.8. The van der Waals surface area contributed by atoms with Crippen molar-refractivity contribution in [3.05, 3.63) is 30.5 Å². The first-order valence-corrected chi connectivity index (χ1v) is 8.52. The van der Waals surface area contributed by atoms with Crippen molar-refractivity contribution in [2.45, 2.75) is 37.6 Å². The number of hydrogen-bond acceptors (Lipinski definition) is 7. The summed E-state index contributed by atoms with van der Waals surface area (Å²) in [5.41, 5.74) is 0. The largest absolute Gasteiger partial charge is 0.481 e. The van der Waals surface area contributed by atoms with Gasteiger partial charge in [-0.3, -0.25) is 0 Å². The van der Waals surface area contributed by atoms with Crippen LogP contribution in [0.1, 0.15) is 37.4 Å². The maximum absolute atomic E-state index is 5.14. The van der Waals surface area contributed by atoms with E-state index in [9.17, 15) is 0 Å². The third-order valence-electron chi connectivity index (χ3n) is 4.62. The first-order valence-electron chi connectivity index (χ1n) is 8.52. The summed E-state index contributed by atoms with van der Waals surface area (Å²) >= 11 is 0. The number of nitrogens with one attached hydrogen (secondary N) is 1. The van der Waals surface area contributed by atoms with Gasteiger partial charge in [0.2, 0.25) is 5.88 Å². The second-order valence-electron chi connectivity index (χ2n) is 6.40. The monoisotopic (exact) mass is 326 g/mol. The van der Waals surface area contributed by atoms with Crippen LogP contribution in [0, 0.1) is 0 Å². The molecule has 0 unspecified atom stereocenters. The van der Waals surface area contributed by atoms with Crippen LogP contribution in [0.2, 0.25) is 0 Å². The molecule has 24 heavy (non-hydrogen) atoms. The third-order valence-corrected chi connectivity index (χ3v) is 4.62. The van der Waals surface area contributed by atoms with Gasteiger partial charge in [0, 0.05) is 37.3 Å². The first-order chi connectivity index (χ1) is 11.8. The van der Waals surface area contributed by atoms with Crippen molar-refractivity contribution >= 4 is 11.6 Å². The Kier molecular flexibility index (Phi) is 4.15. The van der Waals surface area contributed by atoms with E-state index in [1.807, 2.05) is 18.3 Å². The van der Waals surface area contributed by atoms with Crippen LogP contribution in [0.3, 0.4) is 0 Å². The van der Waals surface area contributed by atoms with Crippen LogP contribution in [0.5, 0.6) is 5.88 Å². The highest BCUT2D eigenvalue weighted by atomic mass is 16.5. The molecule has 0 radical (unpaired) electrons. The standard InChI is InChI=1S/C17H22N6O/c1-24-16-10-14(19-11-20-16)21-13-5-8-23(9-6-13)15-4-7-18-17(22-15)12-2-3-12/h4,7,10-13H,2-3,5-6,8-9H2,1H3,(H,19,20,21). The van der Waals surface area contributed by atoms with E-state index in [0.29, 0.717) is 17.8 Å². The predicted molar refractivity (Wildman–Crippen MR) is 91.4 cm³/mol. The van der Waals surface area contributed by atoms with Gasteiger partial charge < -0.3 is 15.0 Å². The van der Waals surface area contributed by atoms with Crippen molar-refractivity contribution < 1.29 is 4.74 Å². The zero-order chi connectivity index (χ0) is 16.4. The normalized spacial score (nSPS) is 18.5. The van der Waals surface area contributed by atoms with E-state index in [4.69, 9.17) is 9.72 Å². The third kappa shape index (κ3) is 3.39. The molecule has 7 nitrogen and oxygen atoms in total. The summed E-state index contributed by atoms with van der Waals surface area (Å²) in [6, 6.07) is 4.26. The van der Waals surface area contributed by atoms with E-state index >= 15 is 0 Å². The molecule has 4 rings (SSSR count). The Hall–Kier alpha value is -2.44. The summed E-state index contributed by atoms with van der Waals surface area (Å²) in [6.45, 7) is 1.97. The maximum Gasteiger partial charge on any atom is 0.218 e. The molecule has 0 spiro atoms. The Balaban J connectivity index is 1.35. The van der Waals surface area contributed by atoms with Crippen molar-refractivity contribution in [3.8, 4) is 5.88 Å². The number of methoxy groups -OCH3 is 1. The minimum Gasteiger partial charge on any atom is -0.481 e. The van der Waals surface area contributed by atoms with Gasteiger partial charge in [0.1, 0.15) is 23.8 Å². The second-order valence-corrected chi connectivity index (χ2v) is 6.40. The zero-order valence-electron chi connectivity index (χ0n) is 13.9. The Morgan fingerprint density at radius 3 is 2.71 bits per heavy atom. The fourth-order valence-electron chi connectivity index (χ4n) is 3.07. The molecular weight excluding hydrogens is 304 g/mol. The van der Waals surface area contributed by atoms with Crippen LogP contribution in [-0.2, 0) is 0 Å². The Labute approximate surface area is 141 Å². The molecule has 1 N–H and O–H groups in total. The van der Waals surface area contributed by atoms with Crippen LogP contribution in [0.25, 0.3) is 0 Å². The molecule has 1 aliphatic carbocycles. The number of aromatic nitrogens is 4. The molecule has 2 aliphatic rings. The smallest absolute Gasteiger partial charge is 0.218 e. The molecule has 2 aromatic rings. The van der Waals surface area contributed by atoms with Gasteiger partial charge in [0.05, 0.1) is 7.11 Å². The highest BCUT2D eigenvalue weighted by Crippen LogP contribution is 2.38. The zero-order valence-corrected chi connectivity index (χ0v) is 13.9. The van der Waals surface area contributed by atoms with Crippen molar-refractivity contribution in [2.24, 2.45) is 0 Å². The lowest BCUT2D eigenvalue weighted by Gasteiger charge is -2.33. The molecule has 1 saturated carbocycles. The fraction of sp³-hybridized carbons (Fsp3) is 0.529. The Bertz CT molecular complexity index is 697. The molecule has 2 aromatic heterocycles. The van der Waals surface area contributed by atoms with Crippen molar-refractivity contribution in [1.29, 1.82) is 0 Å². The van der Waals surface area contributed by atoms with Crippen LogP contribution in [0.4, 0.5) is 11.6 Å². The fourth-order valence-corrected chi connectivity index (χ4v) is 3.07.